The van der Waals surface area contributed by atoms with E-state index >= 15 is 0 Å². The van der Waals surface area contributed by atoms with E-state index in [1.54, 1.807) is 19.1 Å². The fraction of sp³-hybridized carbons (Fsp3) is 0.429. The van der Waals surface area contributed by atoms with Crippen LogP contribution in [-0.2, 0) is 4.79 Å². The molecule has 0 spiro atoms. The Balaban J connectivity index is 2.74. The van der Waals surface area contributed by atoms with Crippen LogP contribution in [0, 0.1) is 12.8 Å². The lowest BCUT2D eigenvalue weighted by Gasteiger charge is -2.13. The fourth-order valence-electron chi connectivity index (χ4n) is 1.65. The second kappa shape index (κ2) is 6.89. The molecule has 1 aromatic rings. The maximum atomic E-state index is 11.9. The maximum absolute atomic E-state index is 11.9. The van der Waals surface area contributed by atoms with Crippen molar-refractivity contribution in [2.24, 2.45) is 5.92 Å². The van der Waals surface area contributed by atoms with E-state index in [1.165, 1.54) is 6.07 Å². The minimum atomic E-state index is -0.991. The van der Waals surface area contributed by atoms with E-state index in [2.05, 4.69) is 10.6 Å². The van der Waals surface area contributed by atoms with Crippen LogP contribution >= 0.6 is 0 Å². The van der Waals surface area contributed by atoms with Crippen LogP contribution in [0.15, 0.2) is 18.2 Å². The summed E-state index contributed by atoms with van der Waals surface area (Å²) in [5.41, 5.74) is 1.39. The predicted octanol–water partition coefficient (Wildman–Crippen LogP) is 1.88. The van der Waals surface area contributed by atoms with Gasteiger partial charge in [-0.2, -0.15) is 0 Å². The molecule has 0 heterocycles. The van der Waals surface area contributed by atoms with Crippen molar-refractivity contribution in [2.45, 2.75) is 20.8 Å². The molecule has 0 aliphatic rings. The topological polar surface area (TPSA) is 78.4 Å². The number of carbonyl (C=O) groups excluding carboxylic acids is 1. The van der Waals surface area contributed by atoms with Crippen LogP contribution in [0.2, 0.25) is 0 Å². The van der Waals surface area contributed by atoms with Crippen LogP contribution in [0.4, 0.5) is 5.69 Å². The van der Waals surface area contributed by atoms with Gasteiger partial charge in [0.25, 0.3) is 0 Å². The van der Waals surface area contributed by atoms with Gasteiger partial charge in [-0.3, -0.25) is 4.79 Å². The number of carbonyl (C=O) groups is 2. The Hall–Kier alpha value is -1.88. The van der Waals surface area contributed by atoms with Crippen molar-refractivity contribution in [3.63, 3.8) is 0 Å². The zero-order valence-electron chi connectivity index (χ0n) is 11.5. The fourth-order valence-corrected chi connectivity index (χ4v) is 1.65. The van der Waals surface area contributed by atoms with Crippen LogP contribution < -0.4 is 10.6 Å². The molecule has 1 unspecified atom stereocenters. The highest BCUT2D eigenvalue weighted by Gasteiger charge is 2.14. The second-order valence-electron chi connectivity index (χ2n) is 4.53. The summed E-state index contributed by atoms with van der Waals surface area (Å²) in [4.78, 5) is 22.9. The third-order valence-electron chi connectivity index (χ3n) is 2.88. The summed E-state index contributed by atoms with van der Waals surface area (Å²) < 4.78 is 0. The van der Waals surface area contributed by atoms with Crippen LogP contribution in [0.5, 0.6) is 0 Å². The molecule has 0 aromatic heterocycles. The Labute approximate surface area is 113 Å². The van der Waals surface area contributed by atoms with Crippen LogP contribution in [0.1, 0.15) is 29.8 Å². The maximum Gasteiger partial charge on any atom is 0.336 e. The molecule has 0 aliphatic carbocycles. The largest absolute Gasteiger partial charge is 0.478 e. The second-order valence-corrected chi connectivity index (χ2v) is 4.53. The lowest BCUT2D eigenvalue weighted by Crippen LogP contribution is -2.30. The molecule has 0 bridgehead atoms. The summed E-state index contributed by atoms with van der Waals surface area (Å²) in [6, 6.07) is 4.88. The van der Waals surface area contributed by atoms with Crippen molar-refractivity contribution in [3.8, 4) is 0 Å². The van der Waals surface area contributed by atoms with Gasteiger partial charge < -0.3 is 15.7 Å². The van der Waals surface area contributed by atoms with E-state index in [0.717, 1.165) is 6.54 Å². The third-order valence-corrected chi connectivity index (χ3v) is 2.88. The molecule has 1 rings (SSSR count). The summed E-state index contributed by atoms with van der Waals surface area (Å²) in [5, 5.41) is 14.9. The van der Waals surface area contributed by atoms with Crippen LogP contribution in [-0.4, -0.2) is 30.1 Å². The van der Waals surface area contributed by atoms with Gasteiger partial charge in [-0.1, -0.05) is 19.9 Å². The molecule has 0 aliphatic heterocycles. The molecule has 0 radical (unpaired) electrons. The Kier molecular flexibility index (Phi) is 5.51. The molecule has 3 N–H and O–H groups in total. The SMILES string of the molecule is CCNCC(C)C(=O)Nc1ccc(C)c(C(=O)O)c1. The number of carboxylic acids is 1. The van der Waals surface area contributed by atoms with E-state index < -0.39 is 5.97 Å². The monoisotopic (exact) mass is 264 g/mol. The van der Waals surface area contributed by atoms with Crippen LogP contribution in [0.3, 0.4) is 0 Å². The molecule has 1 atom stereocenters. The van der Waals surface area contributed by atoms with Gasteiger partial charge in [0.1, 0.15) is 0 Å². The predicted molar refractivity (Wildman–Crippen MR) is 74.5 cm³/mol. The van der Waals surface area contributed by atoms with E-state index in [9.17, 15) is 9.59 Å². The number of amides is 1. The molecule has 1 amide bonds. The number of aryl methyl sites for hydroxylation is 1. The van der Waals surface area contributed by atoms with Gasteiger partial charge in [0.05, 0.1) is 5.56 Å². The lowest BCUT2D eigenvalue weighted by atomic mass is 10.1. The summed E-state index contributed by atoms with van der Waals surface area (Å²) >= 11 is 0. The van der Waals surface area contributed by atoms with Gasteiger partial charge in [0, 0.05) is 18.2 Å². The highest BCUT2D eigenvalue weighted by atomic mass is 16.4. The summed E-state index contributed by atoms with van der Waals surface area (Å²) in [5.74, 6) is -1.29. The first-order chi connectivity index (χ1) is 8.95. The Morgan fingerprint density at radius 3 is 2.63 bits per heavy atom. The number of hydrogen-bond donors (Lipinski definition) is 3. The molecular weight excluding hydrogens is 244 g/mol. The number of rotatable bonds is 6. The summed E-state index contributed by atoms with van der Waals surface area (Å²) in [7, 11) is 0. The van der Waals surface area contributed by atoms with Crippen molar-refractivity contribution in [1.29, 1.82) is 0 Å². The standard InChI is InChI=1S/C14H20N2O3/c1-4-15-8-10(3)13(17)16-11-6-5-9(2)12(7-11)14(18)19/h5-7,10,15H,4,8H2,1-3H3,(H,16,17)(H,18,19). The van der Waals surface area contributed by atoms with E-state index in [4.69, 9.17) is 5.11 Å². The van der Waals surface area contributed by atoms with Gasteiger partial charge in [-0.05, 0) is 31.2 Å². The number of aromatic carboxylic acids is 1. The average molecular weight is 264 g/mol. The molecule has 5 nitrogen and oxygen atoms in total. The first-order valence-electron chi connectivity index (χ1n) is 6.31. The van der Waals surface area contributed by atoms with Gasteiger partial charge in [-0.25, -0.2) is 4.79 Å². The normalized spacial score (nSPS) is 11.9. The molecule has 0 saturated carbocycles. The summed E-state index contributed by atoms with van der Waals surface area (Å²) in [6.07, 6.45) is 0. The van der Waals surface area contributed by atoms with E-state index in [1.807, 2.05) is 13.8 Å². The molecule has 5 heteroatoms. The minimum Gasteiger partial charge on any atom is -0.478 e. The van der Waals surface area contributed by atoms with Crippen molar-refractivity contribution in [2.75, 3.05) is 18.4 Å². The molecule has 1 aromatic carbocycles. The highest BCUT2D eigenvalue weighted by molar-refractivity contribution is 5.95. The van der Waals surface area contributed by atoms with Gasteiger partial charge >= 0.3 is 5.97 Å². The number of benzene rings is 1. The lowest BCUT2D eigenvalue weighted by molar-refractivity contribution is -0.119. The van der Waals surface area contributed by atoms with Crippen LogP contribution in [0.25, 0.3) is 0 Å². The Bertz CT molecular complexity index is 472. The van der Waals surface area contributed by atoms with Gasteiger partial charge in [0.2, 0.25) is 5.91 Å². The first-order valence-corrected chi connectivity index (χ1v) is 6.31. The first kappa shape index (κ1) is 15.2. The molecule has 0 saturated heterocycles. The molecule has 19 heavy (non-hydrogen) atoms. The Morgan fingerprint density at radius 2 is 2.05 bits per heavy atom. The van der Waals surface area contributed by atoms with Gasteiger partial charge in [-0.15, -0.1) is 0 Å². The van der Waals surface area contributed by atoms with Crippen molar-refractivity contribution < 1.29 is 14.7 Å². The number of carboxylic acid groups (broad SMARTS) is 1. The molecule has 104 valence electrons. The van der Waals surface area contributed by atoms with Crippen molar-refractivity contribution in [3.05, 3.63) is 29.3 Å². The average Bonchev–Trinajstić information content (AvgIpc) is 2.37. The quantitative estimate of drug-likeness (QED) is 0.733. The zero-order valence-corrected chi connectivity index (χ0v) is 11.5. The van der Waals surface area contributed by atoms with E-state index in [-0.39, 0.29) is 17.4 Å². The van der Waals surface area contributed by atoms with Crippen molar-refractivity contribution >= 4 is 17.6 Å². The smallest absolute Gasteiger partial charge is 0.336 e. The zero-order chi connectivity index (χ0) is 14.4. The van der Waals surface area contributed by atoms with Crippen molar-refractivity contribution in [1.82, 2.24) is 5.32 Å². The number of hydrogen-bond acceptors (Lipinski definition) is 3. The highest BCUT2D eigenvalue weighted by Crippen LogP contribution is 2.16. The minimum absolute atomic E-state index is 0.124. The number of nitrogens with one attached hydrogen (secondary N) is 2. The Morgan fingerprint density at radius 1 is 1.37 bits per heavy atom. The number of anilines is 1. The van der Waals surface area contributed by atoms with Gasteiger partial charge in [0.15, 0.2) is 0 Å². The third kappa shape index (κ3) is 4.37. The molecule has 0 fully saturated rings. The molecular formula is C14H20N2O3. The van der Waals surface area contributed by atoms with E-state index in [0.29, 0.717) is 17.8 Å². The summed E-state index contributed by atoms with van der Waals surface area (Å²) in [6.45, 7) is 6.93.